The van der Waals surface area contributed by atoms with Gasteiger partial charge in [0, 0.05) is 6.04 Å². The van der Waals surface area contributed by atoms with E-state index in [1.165, 1.54) is 18.6 Å². The maximum absolute atomic E-state index is 13.8. The van der Waals surface area contributed by atoms with Crippen LogP contribution in [-0.2, 0) is 0 Å². The van der Waals surface area contributed by atoms with E-state index in [4.69, 9.17) is 5.11 Å². The second-order valence-electron chi connectivity index (χ2n) is 5.75. The van der Waals surface area contributed by atoms with Gasteiger partial charge in [0.1, 0.15) is 5.82 Å². The number of amides is 1. The van der Waals surface area contributed by atoms with Crippen molar-refractivity contribution in [2.75, 3.05) is 0 Å². The molecule has 3 atom stereocenters. The first kappa shape index (κ1) is 13.1. The number of carbonyl (C=O) groups excluding carboxylic acids is 1. The summed E-state index contributed by atoms with van der Waals surface area (Å²) in [5.41, 5.74) is -0.239. The van der Waals surface area contributed by atoms with Gasteiger partial charge < -0.3 is 10.4 Å². The van der Waals surface area contributed by atoms with Crippen molar-refractivity contribution in [3.05, 3.63) is 35.1 Å². The summed E-state index contributed by atoms with van der Waals surface area (Å²) in [5, 5.41) is 11.7. The molecule has 2 aliphatic rings. The molecule has 0 saturated heterocycles. The Balaban J connectivity index is 1.72. The van der Waals surface area contributed by atoms with Gasteiger partial charge in [-0.2, -0.15) is 0 Å². The first-order valence-electron chi connectivity index (χ1n) is 6.88. The number of halogens is 1. The molecule has 1 aromatic rings. The molecule has 2 aliphatic carbocycles. The molecule has 0 heterocycles. The van der Waals surface area contributed by atoms with Gasteiger partial charge in [0.05, 0.1) is 11.1 Å². The third kappa shape index (κ3) is 2.28. The molecular formula is C15H16FNO3. The van der Waals surface area contributed by atoms with E-state index in [1.807, 2.05) is 0 Å². The van der Waals surface area contributed by atoms with Gasteiger partial charge in [0.15, 0.2) is 0 Å². The maximum Gasteiger partial charge on any atom is 0.335 e. The SMILES string of the molecule is O=C(O)c1ccc(C(=O)NC2CC3CCC2C3)c(F)c1. The number of carboxylic acid groups (broad SMARTS) is 1. The quantitative estimate of drug-likeness (QED) is 0.891. The highest BCUT2D eigenvalue weighted by molar-refractivity contribution is 5.96. The summed E-state index contributed by atoms with van der Waals surface area (Å²) in [6, 6.07) is 3.51. The molecule has 2 N–H and O–H groups in total. The molecule has 0 radical (unpaired) electrons. The molecule has 0 spiro atoms. The monoisotopic (exact) mass is 277 g/mol. The lowest BCUT2D eigenvalue weighted by atomic mass is 9.95. The highest BCUT2D eigenvalue weighted by Crippen LogP contribution is 2.44. The molecule has 1 amide bonds. The van der Waals surface area contributed by atoms with Crippen molar-refractivity contribution in [2.24, 2.45) is 11.8 Å². The lowest BCUT2D eigenvalue weighted by molar-refractivity contribution is 0.0695. The van der Waals surface area contributed by atoms with E-state index in [2.05, 4.69) is 5.32 Å². The van der Waals surface area contributed by atoms with Crippen LogP contribution in [0.4, 0.5) is 4.39 Å². The number of fused-ring (bicyclic) bond motifs is 2. The Morgan fingerprint density at radius 3 is 2.60 bits per heavy atom. The topological polar surface area (TPSA) is 66.4 Å². The molecule has 1 aromatic carbocycles. The van der Waals surface area contributed by atoms with Gasteiger partial charge >= 0.3 is 5.97 Å². The Morgan fingerprint density at radius 1 is 1.25 bits per heavy atom. The minimum absolute atomic E-state index is 0.0854. The van der Waals surface area contributed by atoms with E-state index in [0.717, 1.165) is 25.3 Å². The smallest absolute Gasteiger partial charge is 0.335 e. The van der Waals surface area contributed by atoms with E-state index < -0.39 is 17.7 Å². The molecule has 3 rings (SSSR count). The summed E-state index contributed by atoms with van der Waals surface area (Å²) in [6.45, 7) is 0. The molecule has 2 saturated carbocycles. The number of carbonyl (C=O) groups is 2. The number of carboxylic acids is 1. The molecule has 0 aliphatic heterocycles. The number of hydrogen-bond donors (Lipinski definition) is 2. The standard InChI is InChI=1S/C15H16FNO3/c16-12-7-10(15(19)20)3-4-11(12)14(18)17-13-6-8-1-2-9(13)5-8/h3-4,7-9,13H,1-2,5-6H2,(H,17,18)(H,19,20). The van der Waals surface area contributed by atoms with Crippen LogP contribution in [0, 0.1) is 17.7 Å². The predicted octanol–water partition coefficient (Wildman–Crippen LogP) is 2.44. The molecule has 5 heteroatoms. The lowest BCUT2D eigenvalue weighted by Gasteiger charge is -2.23. The summed E-state index contributed by atoms with van der Waals surface area (Å²) >= 11 is 0. The summed E-state index contributed by atoms with van der Waals surface area (Å²) in [4.78, 5) is 22.8. The van der Waals surface area contributed by atoms with E-state index in [1.54, 1.807) is 0 Å². The average molecular weight is 277 g/mol. The van der Waals surface area contributed by atoms with Gasteiger partial charge in [-0.1, -0.05) is 6.42 Å². The largest absolute Gasteiger partial charge is 0.478 e. The minimum atomic E-state index is -1.20. The second-order valence-corrected chi connectivity index (χ2v) is 5.75. The van der Waals surface area contributed by atoms with Gasteiger partial charge in [-0.25, -0.2) is 9.18 Å². The Morgan fingerprint density at radius 2 is 2.05 bits per heavy atom. The Hall–Kier alpha value is -1.91. The van der Waals surface area contributed by atoms with Crippen LogP contribution in [0.3, 0.4) is 0 Å². The summed E-state index contributed by atoms with van der Waals surface area (Å²) in [5.74, 6) is -1.22. The maximum atomic E-state index is 13.8. The van der Waals surface area contributed by atoms with Crippen molar-refractivity contribution >= 4 is 11.9 Å². The normalized spacial score (nSPS) is 27.6. The van der Waals surface area contributed by atoms with Gasteiger partial charge in [0.25, 0.3) is 5.91 Å². The van der Waals surface area contributed by atoms with Gasteiger partial charge in [0.2, 0.25) is 0 Å². The first-order valence-corrected chi connectivity index (χ1v) is 6.88. The molecular weight excluding hydrogens is 261 g/mol. The van der Waals surface area contributed by atoms with Crippen molar-refractivity contribution in [3.63, 3.8) is 0 Å². The van der Waals surface area contributed by atoms with Crippen molar-refractivity contribution in [1.82, 2.24) is 5.32 Å². The van der Waals surface area contributed by atoms with E-state index >= 15 is 0 Å². The van der Waals surface area contributed by atoms with Crippen LogP contribution >= 0.6 is 0 Å². The molecule has 4 nitrogen and oxygen atoms in total. The summed E-state index contributed by atoms with van der Waals surface area (Å²) in [7, 11) is 0. The Kier molecular flexibility index (Phi) is 3.20. The van der Waals surface area contributed by atoms with Crippen LogP contribution < -0.4 is 5.32 Å². The van der Waals surface area contributed by atoms with Crippen molar-refractivity contribution < 1.29 is 19.1 Å². The Bertz CT molecular complexity index is 572. The first-order chi connectivity index (χ1) is 9.54. The molecule has 0 aromatic heterocycles. The lowest BCUT2D eigenvalue weighted by Crippen LogP contribution is -2.38. The Labute approximate surface area is 116 Å². The number of rotatable bonds is 3. The number of benzene rings is 1. The minimum Gasteiger partial charge on any atom is -0.478 e. The highest BCUT2D eigenvalue weighted by atomic mass is 19.1. The van der Waals surface area contributed by atoms with Crippen LogP contribution in [0.5, 0.6) is 0 Å². The van der Waals surface area contributed by atoms with E-state index in [9.17, 15) is 14.0 Å². The van der Waals surface area contributed by atoms with Gasteiger partial charge in [-0.3, -0.25) is 4.79 Å². The number of aromatic carboxylic acids is 1. The third-order valence-corrected chi connectivity index (χ3v) is 4.52. The predicted molar refractivity (Wildman–Crippen MR) is 70.1 cm³/mol. The molecule has 20 heavy (non-hydrogen) atoms. The molecule has 3 unspecified atom stereocenters. The zero-order valence-corrected chi connectivity index (χ0v) is 10.9. The number of hydrogen-bond acceptors (Lipinski definition) is 2. The van der Waals surface area contributed by atoms with Crippen LogP contribution in [0.2, 0.25) is 0 Å². The molecule has 2 bridgehead atoms. The van der Waals surface area contributed by atoms with Crippen LogP contribution in [-0.4, -0.2) is 23.0 Å². The fourth-order valence-corrected chi connectivity index (χ4v) is 3.50. The van der Waals surface area contributed by atoms with E-state index in [-0.39, 0.29) is 17.2 Å². The van der Waals surface area contributed by atoms with Crippen molar-refractivity contribution in [3.8, 4) is 0 Å². The van der Waals surface area contributed by atoms with Crippen LogP contribution in [0.15, 0.2) is 18.2 Å². The van der Waals surface area contributed by atoms with E-state index in [0.29, 0.717) is 11.8 Å². The summed E-state index contributed by atoms with van der Waals surface area (Å²) < 4.78 is 13.8. The van der Waals surface area contributed by atoms with Gasteiger partial charge in [-0.15, -0.1) is 0 Å². The number of nitrogens with one attached hydrogen (secondary N) is 1. The summed E-state index contributed by atoms with van der Waals surface area (Å²) in [6.07, 6.45) is 4.51. The highest BCUT2D eigenvalue weighted by Gasteiger charge is 2.40. The van der Waals surface area contributed by atoms with Gasteiger partial charge in [-0.05, 0) is 49.3 Å². The van der Waals surface area contributed by atoms with Crippen molar-refractivity contribution in [1.29, 1.82) is 0 Å². The zero-order valence-electron chi connectivity index (χ0n) is 10.9. The fourth-order valence-electron chi connectivity index (χ4n) is 3.50. The average Bonchev–Trinajstić information content (AvgIpc) is 3.00. The molecule has 106 valence electrons. The molecule has 2 fully saturated rings. The fraction of sp³-hybridized carbons (Fsp3) is 0.467. The third-order valence-electron chi connectivity index (χ3n) is 4.52. The second kappa shape index (κ2) is 4.89. The van der Waals surface area contributed by atoms with Crippen LogP contribution in [0.1, 0.15) is 46.4 Å². The van der Waals surface area contributed by atoms with Crippen LogP contribution in [0.25, 0.3) is 0 Å². The zero-order chi connectivity index (χ0) is 14.3. The van der Waals surface area contributed by atoms with Crippen molar-refractivity contribution in [2.45, 2.75) is 31.7 Å².